The molecule has 1 heterocycles. The molecule has 2 aromatic carbocycles. The highest BCUT2D eigenvalue weighted by Crippen LogP contribution is 2.31. The molecule has 136 valence electrons. The summed E-state index contributed by atoms with van der Waals surface area (Å²) in [7, 11) is 0. The molecule has 0 bridgehead atoms. The number of benzene rings is 2. The van der Waals surface area contributed by atoms with Crippen LogP contribution in [0.2, 0.25) is 0 Å². The van der Waals surface area contributed by atoms with Crippen molar-refractivity contribution in [3.8, 4) is 0 Å². The van der Waals surface area contributed by atoms with Gasteiger partial charge in [-0.25, -0.2) is 4.79 Å². The summed E-state index contributed by atoms with van der Waals surface area (Å²) in [6, 6.07) is 10.3. The number of anilines is 2. The number of piperazine rings is 1. The van der Waals surface area contributed by atoms with Gasteiger partial charge in [0.25, 0.3) is 5.69 Å². The second-order valence-electron chi connectivity index (χ2n) is 6.46. The number of aromatic carboxylic acids is 1. The molecule has 0 aromatic heterocycles. The van der Waals surface area contributed by atoms with E-state index in [2.05, 4.69) is 30.9 Å². The fourth-order valence-electron chi connectivity index (χ4n) is 3.34. The molecule has 0 amide bonds. The zero-order chi connectivity index (χ0) is 18.8. The highest BCUT2D eigenvalue weighted by atomic mass is 16.6. The molecule has 0 spiro atoms. The summed E-state index contributed by atoms with van der Waals surface area (Å²) in [6.45, 7) is 6.97. The molecule has 0 unspecified atom stereocenters. The Morgan fingerprint density at radius 3 is 2.23 bits per heavy atom. The Labute approximate surface area is 151 Å². The minimum atomic E-state index is -1.17. The van der Waals surface area contributed by atoms with Gasteiger partial charge in [0, 0.05) is 37.9 Å². The van der Waals surface area contributed by atoms with Gasteiger partial charge in [-0.1, -0.05) is 12.1 Å². The van der Waals surface area contributed by atoms with Gasteiger partial charge < -0.3 is 14.9 Å². The standard InChI is InChI=1S/C19H21N3O4/c1-13-4-3-5-16(14(13)2)20-8-10-21(11-9-20)17-7-6-15(19(23)24)12-18(17)22(25)26/h3-7,12H,8-11H2,1-2H3,(H,23,24). The minimum absolute atomic E-state index is 0.0746. The van der Waals surface area contributed by atoms with Gasteiger partial charge in [-0.15, -0.1) is 0 Å². The molecule has 2 aromatic rings. The van der Waals surface area contributed by atoms with Crippen LogP contribution in [0.15, 0.2) is 36.4 Å². The van der Waals surface area contributed by atoms with Crippen LogP contribution in [0.5, 0.6) is 0 Å². The molecule has 7 nitrogen and oxygen atoms in total. The number of nitro groups is 1. The SMILES string of the molecule is Cc1cccc(N2CCN(c3ccc(C(=O)O)cc3[N+](=O)[O-])CC2)c1C. The second-order valence-corrected chi connectivity index (χ2v) is 6.46. The lowest BCUT2D eigenvalue weighted by molar-refractivity contribution is -0.384. The topological polar surface area (TPSA) is 86.9 Å². The predicted molar refractivity (Wildman–Crippen MR) is 100 cm³/mol. The van der Waals surface area contributed by atoms with Crippen molar-refractivity contribution in [3.63, 3.8) is 0 Å². The lowest BCUT2D eigenvalue weighted by Crippen LogP contribution is -2.47. The van der Waals surface area contributed by atoms with Gasteiger partial charge in [-0.3, -0.25) is 10.1 Å². The smallest absolute Gasteiger partial charge is 0.335 e. The van der Waals surface area contributed by atoms with Crippen molar-refractivity contribution < 1.29 is 14.8 Å². The maximum Gasteiger partial charge on any atom is 0.335 e. The van der Waals surface area contributed by atoms with Crippen LogP contribution in [0.3, 0.4) is 0 Å². The lowest BCUT2D eigenvalue weighted by Gasteiger charge is -2.38. The van der Waals surface area contributed by atoms with E-state index >= 15 is 0 Å². The molecule has 0 aliphatic carbocycles. The van der Waals surface area contributed by atoms with Crippen LogP contribution in [0.4, 0.5) is 17.1 Å². The van der Waals surface area contributed by atoms with Crippen LogP contribution >= 0.6 is 0 Å². The number of nitrogens with zero attached hydrogens (tertiary/aromatic N) is 3. The molecule has 0 radical (unpaired) electrons. The number of hydrogen-bond acceptors (Lipinski definition) is 5. The van der Waals surface area contributed by atoms with Gasteiger partial charge in [0.15, 0.2) is 0 Å². The maximum atomic E-state index is 11.4. The highest BCUT2D eigenvalue weighted by molar-refractivity contribution is 5.89. The number of aryl methyl sites for hydroxylation is 1. The third-order valence-corrected chi connectivity index (χ3v) is 4.96. The van der Waals surface area contributed by atoms with E-state index in [4.69, 9.17) is 5.11 Å². The summed E-state index contributed by atoms with van der Waals surface area (Å²) in [6.07, 6.45) is 0. The van der Waals surface area contributed by atoms with Crippen molar-refractivity contribution in [2.45, 2.75) is 13.8 Å². The van der Waals surface area contributed by atoms with Crippen LogP contribution in [-0.2, 0) is 0 Å². The maximum absolute atomic E-state index is 11.4. The van der Waals surface area contributed by atoms with Crippen molar-refractivity contribution in [2.24, 2.45) is 0 Å². The number of carboxylic acid groups (broad SMARTS) is 1. The first kappa shape index (κ1) is 17.7. The number of hydrogen-bond donors (Lipinski definition) is 1. The van der Waals surface area contributed by atoms with Crippen molar-refractivity contribution in [2.75, 3.05) is 36.0 Å². The molecule has 0 atom stereocenters. The van der Waals surface area contributed by atoms with Crippen LogP contribution in [0.25, 0.3) is 0 Å². The number of rotatable bonds is 4. The molecule has 26 heavy (non-hydrogen) atoms. The molecule has 7 heteroatoms. The van der Waals surface area contributed by atoms with E-state index in [9.17, 15) is 14.9 Å². The van der Waals surface area contributed by atoms with Crippen LogP contribution < -0.4 is 9.80 Å². The number of carboxylic acids is 1. The third kappa shape index (κ3) is 3.33. The Hall–Kier alpha value is -3.09. The largest absolute Gasteiger partial charge is 0.478 e. The van der Waals surface area contributed by atoms with Gasteiger partial charge >= 0.3 is 5.97 Å². The van der Waals surface area contributed by atoms with E-state index in [-0.39, 0.29) is 11.3 Å². The summed E-state index contributed by atoms with van der Waals surface area (Å²) in [4.78, 5) is 26.2. The van der Waals surface area contributed by atoms with Gasteiger partial charge in [-0.05, 0) is 43.2 Å². The summed E-state index contributed by atoms with van der Waals surface area (Å²) in [5, 5.41) is 20.4. The van der Waals surface area contributed by atoms with E-state index in [1.165, 1.54) is 28.9 Å². The molecule has 1 fully saturated rings. The first-order valence-corrected chi connectivity index (χ1v) is 8.46. The van der Waals surface area contributed by atoms with Crippen LogP contribution in [-0.4, -0.2) is 42.2 Å². The molecular weight excluding hydrogens is 334 g/mol. The zero-order valence-corrected chi connectivity index (χ0v) is 14.8. The predicted octanol–water partition coefficient (Wildman–Crippen LogP) is 3.24. The molecule has 3 rings (SSSR count). The fraction of sp³-hybridized carbons (Fsp3) is 0.316. The Kier molecular flexibility index (Phi) is 4.79. The van der Waals surface area contributed by atoms with Crippen molar-refractivity contribution in [1.29, 1.82) is 0 Å². The lowest BCUT2D eigenvalue weighted by atomic mass is 10.1. The normalized spacial score (nSPS) is 14.4. The van der Waals surface area contributed by atoms with Gasteiger partial charge in [0.1, 0.15) is 5.69 Å². The first-order valence-electron chi connectivity index (χ1n) is 8.46. The summed E-state index contributed by atoms with van der Waals surface area (Å²) >= 11 is 0. The van der Waals surface area contributed by atoms with Crippen LogP contribution in [0, 0.1) is 24.0 Å². The fourth-order valence-corrected chi connectivity index (χ4v) is 3.34. The Morgan fingerprint density at radius 1 is 1.04 bits per heavy atom. The average Bonchev–Trinajstić information content (AvgIpc) is 2.63. The van der Waals surface area contributed by atoms with E-state index in [0.717, 1.165) is 19.2 Å². The van der Waals surface area contributed by atoms with Crippen molar-refractivity contribution in [1.82, 2.24) is 0 Å². The van der Waals surface area contributed by atoms with Gasteiger partial charge in [0.2, 0.25) is 0 Å². The zero-order valence-electron chi connectivity index (χ0n) is 14.8. The van der Waals surface area contributed by atoms with Crippen molar-refractivity contribution >= 4 is 23.0 Å². The molecular formula is C19H21N3O4. The van der Waals surface area contributed by atoms with E-state index < -0.39 is 10.9 Å². The quantitative estimate of drug-likeness (QED) is 0.669. The summed E-state index contributed by atoms with van der Waals surface area (Å²) < 4.78 is 0. The van der Waals surface area contributed by atoms with E-state index in [1.807, 2.05) is 11.0 Å². The molecule has 0 saturated carbocycles. The number of nitro benzene ring substituents is 1. The molecule has 1 saturated heterocycles. The van der Waals surface area contributed by atoms with Crippen LogP contribution in [0.1, 0.15) is 21.5 Å². The monoisotopic (exact) mass is 355 g/mol. The molecule has 1 N–H and O–H groups in total. The average molecular weight is 355 g/mol. The second kappa shape index (κ2) is 7.03. The molecule has 1 aliphatic heterocycles. The molecule has 1 aliphatic rings. The Balaban J connectivity index is 1.81. The third-order valence-electron chi connectivity index (χ3n) is 4.96. The number of carbonyl (C=O) groups is 1. The highest BCUT2D eigenvalue weighted by Gasteiger charge is 2.25. The van der Waals surface area contributed by atoms with E-state index in [1.54, 1.807) is 0 Å². The Bertz CT molecular complexity index is 858. The van der Waals surface area contributed by atoms with Crippen molar-refractivity contribution in [3.05, 3.63) is 63.2 Å². The van der Waals surface area contributed by atoms with E-state index in [0.29, 0.717) is 18.8 Å². The van der Waals surface area contributed by atoms with Gasteiger partial charge in [-0.2, -0.15) is 0 Å². The van der Waals surface area contributed by atoms with Gasteiger partial charge in [0.05, 0.1) is 10.5 Å². The summed E-state index contributed by atoms with van der Waals surface area (Å²) in [5.41, 5.74) is 3.92. The summed E-state index contributed by atoms with van der Waals surface area (Å²) in [5.74, 6) is -1.17. The minimum Gasteiger partial charge on any atom is -0.478 e. The Morgan fingerprint density at radius 2 is 1.65 bits per heavy atom. The first-order chi connectivity index (χ1) is 12.4.